The van der Waals surface area contributed by atoms with Gasteiger partial charge in [-0.1, -0.05) is 27.7 Å². The number of nitrogens with zero attached hydrogens (tertiary/aromatic N) is 4. The van der Waals surface area contributed by atoms with Crippen molar-refractivity contribution >= 4 is 22.9 Å². The fourth-order valence-corrected chi connectivity index (χ4v) is 3.62. The number of aldehydes is 1. The topological polar surface area (TPSA) is 133 Å². The third kappa shape index (κ3) is 6.93. The molecule has 2 aromatic heterocycles. The normalized spacial score (nSPS) is 12.3. The van der Waals surface area contributed by atoms with Crippen LogP contribution in [0, 0.1) is 15.9 Å². The number of aliphatic hydroxyl groups excluding tert-OH is 2. The van der Waals surface area contributed by atoms with Crippen molar-refractivity contribution in [2.45, 2.75) is 58.7 Å². The Labute approximate surface area is 203 Å². The molecule has 3 rings (SSSR count). The number of carbonyl (C=O) groups excluding carboxylic acids is 1. The van der Waals surface area contributed by atoms with Gasteiger partial charge in [-0.25, -0.2) is 0 Å². The van der Waals surface area contributed by atoms with Gasteiger partial charge in [0, 0.05) is 48.0 Å². The van der Waals surface area contributed by atoms with Crippen LogP contribution in [0.1, 0.15) is 50.2 Å². The Morgan fingerprint density at radius 3 is 2.63 bits per heavy atom. The summed E-state index contributed by atoms with van der Waals surface area (Å²) in [5.41, 5.74) is 0.138. The molecule has 0 aliphatic rings. The first-order valence-corrected chi connectivity index (χ1v) is 11.5. The lowest BCUT2D eigenvalue weighted by molar-refractivity contribution is -0.387. The van der Waals surface area contributed by atoms with Gasteiger partial charge in [0.05, 0.1) is 48.1 Å². The number of ether oxygens (including phenoxy) is 1. The molecule has 2 heterocycles. The zero-order valence-corrected chi connectivity index (χ0v) is 20.5. The Kier molecular flexibility index (Phi) is 10.1. The van der Waals surface area contributed by atoms with E-state index in [9.17, 15) is 29.5 Å². The number of benzene rings is 1. The fourth-order valence-electron chi connectivity index (χ4n) is 3.62. The van der Waals surface area contributed by atoms with E-state index in [-0.39, 0.29) is 19.8 Å². The third-order valence-corrected chi connectivity index (χ3v) is 5.42. The second-order valence-corrected chi connectivity index (χ2v) is 8.54. The summed E-state index contributed by atoms with van der Waals surface area (Å²) in [6, 6.07) is 3.91. The lowest BCUT2D eigenvalue weighted by Crippen LogP contribution is -2.29. The number of hydrogen-bond donors (Lipinski definition) is 2. The molecule has 0 fully saturated rings. The molecule has 10 nitrogen and oxygen atoms in total. The Morgan fingerprint density at radius 2 is 2.03 bits per heavy atom. The molecule has 0 saturated carbocycles. The van der Waals surface area contributed by atoms with Crippen LogP contribution in [0.15, 0.2) is 30.6 Å². The molecule has 192 valence electrons. The average Bonchev–Trinajstić information content (AvgIpc) is 3.44. The van der Waals surface area contributed by atoms with Gasteiger partial charge in [-0.3, -0.25) is 19.6 Å². The molecule has 0 saturated heterocycles. The maximum absolute atomic E-state index is 14.3. The fraction of sp³-hybridized carbons (Fsp3) is 0.500. The minimum atomic E-state index is -0.970. The summed E-state index contributed by atoms with van der Waals surface area (Å²) in [7, 11) is 0. The first kappa shape index (κ1) is 28.1. The van der Waals surface area contributed by atoms with Crippen LogP contribution in [0.25, 0.3) is 10.9 Å². The van der Waals surface area contributed by atoms with Gasteiger partial charge in [-0.05, 0) is 12.5 Å². The van der Waals surface area contributed by atoms with Crippen molar-refractivity contribution in [3.8, 4) is 0 Å². The van der Waals surface area contributed by atoms with Gasteiger partial charge >= 0.3 is 5.69 Å². The van der Waals surface area contributed by atoms with E-state index in [1.807, 2.05) is 13.8 Å². The molecule has 1 unspecified atom stereocenters. The van der Waals surface area contributed by atoms with Crippen molar-refractivity contribution in [3.05, 3.63) is 57.8 Å². The van der Waals surface area contributed by atoms with Crippen LogP contribution in [0.5, 0.6) is 0 Å². The Hall–Kier alpha value is -3.15. The number of hydrogen-bond acceptors (Lipinski definition) is 7. The van der Waals surface area contributed by atoms with E-state index in [1.165, 1.54) is 6.20 Å². The molecule has 0 aliphatic heterocycles. The smallest absolute Gasteiger partial charge is 0.305 e. The molecule has 0 aliphatic carbocycles. The van der Waals surface area contributed by atoms with Crippen LogP contribution in [-0.2, 0) is 23.2 Å². The van der Waals surface area contributed by atoms with E-state index in [0.717, 1.165) is 18.4 Å². The van der Waals surface area contributed by atoms with E-state index >= 15 is 0 Å². The molecule has 1 aromatic carbocycles. The maximum atomic E-state index is 14.3. The number of nitro groups is 1. The van der Waals surface area contributed by atoms with Crippen LogP contribution in [0.4, 0.5) is 10.1 Å². The third-order valence-electron chi connectivity index (χ3n) is 5.42. The zero-order chi connectivity index (χ0) is 26.2. The predicted octanol–water partition coefficient (Wildman–Crippen LogP) is 3.46. The van der Waals surface area contributed by atoms with E-state index in [2.05, 4.69) is 5.10 Å². The van der Waals surface area contributed by atoms with Crippen molar-refractivity contribution in [3.63, 3.8) is 0 Å². The summed E-state index contributed by atoms with van der Waals surface area (Å²) < 4.78 is 23.2. The summed E-state index contributed by atoms with van der Waals surface area (Å²) >= 11 is 0. The number of halogens is 1. The molecule has 0 amide bonds. The Morgan fingerprint density at radius 1 is 1.31 bits per heavy atom. The molecule has 3 aromatic rings. The van der Waals surface area contributed by atoms with Crippen molar-refractivity contribution < 1.29 is 29.1 Å². The minimum Gasteiger partial charge on any atom is -0.395 e. The summed E-state index contributed by atoms with van der Waals surface area (Å²) in [5, 5.41) is 36.0. The SMILES string of the molecule is CC.CC(C)(CO)c1cc2cc([N+](=O)[O-])c(F)cc2n1CC(O)COCCCn1cc(C=O)cn1. The second kappa shape index (κ2) is 12.5. The van der Waals surface area contributed by atoms with E-state index in [1.54, 1.807) is 35.4 Å². The number of aryl methyl sites for hydroxylation is 1. The van der Waals surface area contributed by atoms with Crippen molar-refractivity contribution in [2.75, 3.05) is 19.8 Å². The largest absolute Gasteiger partial charge is 0.395 e. The van der Waals surface area contributed by atoms with Gasteiger partial charge in [0.25, 0.3) is 0 Å². The highest BCUT2D eigenvalue weighted by Gasteiger charge is 2.28. The van der Waals surface area contributed by atoms with E-state index < -0.39 is 27.9 Å². The van der Waals surface area contributed by atoms with Gasteiger partial charge in [0.15, 0.2) is 6.29 Å². The molecule has 0 radical (unpaired) electrons. The van der Waals surface area contributed by atoms with E-state index in [0.29, 0.717) is 41.7 Å². The van der Waals surface area contributed by atoms with E-state index in [4.69, 9.17) is 4.74 Å². The lowest BCUT2D eigenvalue weighted by atomic mass is 9.90. The Balaban J connectivity index is 0.00000210. The standard InChI is InChI=1S/C22H27FN4O6.C2H6/c1-22(2,14-29)21-7-16-6-20(27(31)32)18(23)8-19(16)26(21)11-17(30)13-33-5-3-4-25-10-15(12-28)9-24-25;1-2/h6-10,12,17,29-30H,3-5,11,13-14H2,1-2H3;1-2H3. The van der Waals surface area contributed by atoms with Crippen molar-refractivity contribution in [2.24, 2.45) is 0 Å². The van der Waals surface area contributed by atoms with Gasteiger partial charge in [0.1, 0.15) is 0 Å². The minimum absolute atomic E-state index is 0.0207. The first-order chi connectivity index (χ1) is 16.7. The highest BCUT2D eigenvalue weighted by atomic mass is 19.1. The van der Waals surface area contributed by atoms with Gasteiger partial charge in [-0.2, -0.15) is 9.49 Å². The summed E-state index contributed by atoms with van der Waals surface area (Å²) in [4.78, 5) is 21.0. The molecule has 1 atom stereocenters. The van der Waals surface area contributed by atoms with Crippen molar-refractivity contribution in [1.29, 1.82) is 0 Å². The lowest BCUT2D eigenvalue weighted by Gasteiger charge is -2.26. The summed E-state index contributed by atoms with van der Waals surface area (Å²) in [6.07, 6.45) is 3.52. The highest BCUT2D eigenvalue weighted by Crippen LogP contribution is 2.33. The highest BCUT2D eigenvalue weighted by molar-refractivity contribution is 5.84. The molecule has 0 spiro atoms. The van der Waals surface area contributed by atoms with Crippen molar-refractivity contribution in [1.82, 2.24) is 14.3 Å². The number of aliphatic hydroxyl groups is 2. The average molecular weight is 493 g/mol. The molecular weight excluding hydrogens is 459 g/mol. The predicted molar refractivity (Wildman–Crippen MR) is 129 cm³/mol. The van der Waals surface area contributed by atoms with Crippen LogP contribution in [0.3, 0.4) is 0 Å². The molecule has 11 heteroatoms. The molecule has 2 N–H and O–H groups in total. The molecule has 35 heavy (non-hydrogen) atoms. The van der Waals surface area contributed by atoms with Crippen LogP contribution in [-0.4, -0.2) is 61.7 Å². The van der Waals surface area contributed by atoms with Crippen LogP contribution < -0.4 is 0 Å². The Bertz CT molecular complexity index is 1140. The van der Waals surface area contributed by atoms with Crippen LogP contribution in [0.2, 0.25) is 0 Å². The van der Waals surface area contributed by atoms with Gasteiger partial charge < -0.3 is 19.5 Å². The molecule has 0 bridgehead atoms. The first-order valence-electron chi connectivity index (χ1n) is 11.5. The van der Waals surface area contributed by atoms with Gasteiger partial charge in [-0.15, -0.1) is 0 Å². The molecular formula is C24H33FN4O6. The summed E-state index contributed by atoms with van der Waals surface area (Å²) in [5.74, 6) is -0.970. The summed E-state index contributed by atoms with van der Waals surface area (Å²) in [6.45, 7) is 8.36. The number of rotatable bonds is 12. The zero-order valence-electron chi connectivity index (χ0n) is 20.5. The maximum Gasteiger partial charge on any atom is 0.305 e. The quantitative estimate of drug-likeness (QED) is 0.171. The number of nitro benzene ring substituents is 1. The van der Waals surface area contributed by atoms with Crippen LogP contribution >= 0.6 is 0 Å². The monoisotopic (exact) mass is 492 g/mol. The number of aromatic nitrogens is 3. The van der Waals surface area contributed by atoms with Gasteiger partial charge in [0.2, 0.25) is 5.82 Å². The number of carbonyl (C=O) groups is 1. The second-order valence-electron chi connectivity index (χ2n) is 8.54. The number of fused-ring (bicyclic) bond motifs is 1.